The van der Waals surface area contributed by atoms with Crippen LogP contribution in [0.4, 0.5) is 34.1 Å². The summed E-state index contributed by atoms with van der Waals surface area (Å²) in [6.07, 6.45) is 15.0. The van der Waals surface area contributed by atoms with Crippen molar-refractivity contribution < 1.29 is 0 Å². The fourth-order valence-corrected chi connectivity index (χ4v) is 18.8. The predicted molar refractivity (Wildman–Crippen MR) is 527 cm³/mol. The van der Waals surface area contributed by atoms with E-state index in [1.54, 1.807) is 0 Å². The Kier molecular flexibility index (Phi) is 48.5. The quantitative estimate of drug-likeness (QED) is 0.0162. The third-order valence-corrected chi connectivity index (χ3v) is 25.2. The molecule has 8 N–H and O–H groups in total. The highest BCUT2D eigenvalue weighted by molar-refractivity contribution is 7.75. The summed E-state index contributed by atoms with van der Waals surface area (Å²) in [6.45, 7) is 65.2. The number of hydrogen-bond donors (Lipinski definition) is 6. The Labute approximate surface area is 738 Å². The molecular formula is C87H150N12S12. The lowest BCUT2D eigenvalue weighted by atomic mass is 9.83. The molecule has 630 valence electrons. The molecule has 0 aromatic heterocycles. The Hall–Kier alpha value is -1.92. The van der Waals surface area contributed by atoms with Crippen LogP contribution in [-0.4, -0.2) is 157 Å². The van der Waals surface area contributed by atoms with Crippen molar-refractivity contribution in [3.05, 3.63) is 87.5 Å². The molecule has 24 heteroatoms. The fraction of sp³-hybridized carbons (Fsp3) is 0.724. The number of hydrogen-bond acceptors (Lipinski definition) is 24. The highest BCUT2D eigenvalue weighted by atomic mass is 32.1. The van der Waals surface area contributed by atoms with Crippen molar-refractivity contribution in [3.8, 4) is 0 Å². The zero-order valence-electron chi connectivity index (χ0n) is 74.2. The van der Waals surface area contributed by atoms with Gasteiger partial charge in [0.25, 0.3) is 0 Å². The maximum absolute atomic E-state index is 5.51. The Balaban J connectivity index is 0.000000668. The third kappa shape index (κ3) is 32.6. The molecule has 0 heterocycles. The van der Waals surface area contributed by atoms with E-state index in [4.69, 9.17) is 158 Å². The van der Waals surface area contributed by atoms with Crippen LogP contribution in [0.2, 0.25) is 0 Å². The molecule has 6 aromatic carbocycles. The molecule has 0 saturated heterocycles. The molecular weight excluding hydrogens is 1600 g/mol. The Morgan fingerprint density at radius 2 is 0.486 bits per heavy atom. The van der Waals surface area contributed by atoms with E-state index in [2.05, 4.69) is 231 Å². The number of rotatable bonds is 39. The molecule has 0 spiro atoms. The molecule has 0 amide bonds. The molecule has 12 nitrogen and oxygen atoms in total. The van der Waals surface area contributed by atoms with Gasteiger partial charge in [-0.05, 0) is 196 Å². The van der Waals surface area contributed by atoms with Gasteiger partial charge in [-0.1, -0.05) is 299 Å². The maximum Gasteiger partial charge on any atom is 0.0798 e. The standard InChI is InChI=1S/C18H32N2S2.C17H30N2S2.C14H24N2S2.2C13H22N2S2.C12H20N2S2/c1-7-10-20(11-8-2)13-9-12-19(6)15-14(18(3,4)5)16(21)17(15)22;1-7-10-19(8-2)12-9-11-18(6)14-13(17(3,4)5)15(20)16(14)21;1-14(2,3)10-11(13(18)12(10)17)16(5)9-7-6-8-15-4;1-13(2,3)9-10(12(17)11(9)16)15(4)8-6-5-7-14;1-13(2,3)9-10(12(17)11(9)16)15-8-6-5-7-14-4;1-12(2,3)8-9(11(16)10(8)15)14-7-5-4-6-13/h7-13H2,1-6H3;7-12H2,1-6H3;15H,6-9H2,1-5H3;5-8,14H2,1-4H3;14-15H,5-8H2,1-4H3;14H,4-7,13H2,1-3H3. The molecule has 6 rings (SSSR count). The van der Waals surface area contributed by atoms with E-state index in [0.29, 0.717) is 0 Å². The number of nitrogens with one attached hydrogen (secondary N) is 4. The number of anilines is 6. The first-order valence-electron chi connectivity index (χ1n) is 40.9. The zero-order chi connectivity index (χ0) is 85.7. The molecule has 0 atom stereocenters. The minimum atomic E-state index is 0.0790. The summed E-state index contributed by atoms with van der Waals surface area (Å²) in [5.41, 5.74) is 25.9. The topological polar surface area (TPSA) is 120 Å². The van der Waals surface area contributed by atoms with Gasteiger partial charge in [0, 0.05) is 101 Å². The summed E-state index contributed by atoms with van der Waals surface area (Å²) >= 11 is 64.6. The molecule has 6 aromatic rings. The van der Waals surface area contributed by atoms with E-state index >= 15 is 0 Å². The normalized spacial score (nSPS) is 12.1. The minimum absolute atomic E-state index is 0.0790. The second-order valence-corrected chi connectivity index (χ2v) is 40.9. The van der Waals surface area contributed by atoms with Crippen LogP contribution in [0.15, 0.2) is 0 Å². The fourth-order valence-electron chi connectivity index (χ4n) is 13.8. The van der Waals surface area contributed by atoms with E-state index in [9.17, 15) is 0 Å². The maximum atomic E-state index is 5.51. The lowest BCUT2D eigenvalue weighted by Gasteiger charge is -2.32. The number of unbranched alkanes of at least 4 members (excludes halogenated alkanes) is 4. The van der Waals surface area contributed by atoms with Crippen molar-refractivity contribution in [1.82, 2.24) is 20.4 Å². The molecule has 0 unspecified atom stereocenters. The van der Waals surface area contributed by atoms with Crippen LogP contribution < -0.4 is 52.3 Å². The molecule has 0 fully saturated rings. The second-order valence-electron chi connectivity index (χ2n) is 36.0. The van der Waals surface area contributed by atoms with Gasteiger partial charge in [0.15, 0.2) is 0 Å². The van der Waals surface area contributed by atoms with Crippen LogP contribution in [0.1, 0.15) is 269 Å². The van der Waals surface area contributed by atoms with Crippen LogP contribution in [-0.2, 0) is 32.5 Å². The van der Waals surface area contributed by atoms with Crippen molar-refractivity contribution in [2.75, 3.05) is 177 Å². The minimum Gasteiger partial charge on any atom is -0.384 e. The van der Waals surface area contributed by atoms with Crippen LogP contribution >= 0.6 is 147 Å². The second kappa shape index (κ2) is 50.2. The summed E-state index contributed by atoms with van der Waals surface area (Å²) in [5.74, 6) is 0. The highest BCUT2D eigenvalue weighted by Gasteiger charge is 2.33. The van der Waals surface area contributed by atoms with Crippen molar-refractivity contribution in [2.24, 2.45) is 11.5 Å². The zero-order valence-corrected chi connectivity index (χ0v) is 84.0. The van der Waals surface area contributed by atoms with Crippen LogP contribution in [0.25, 0.3) is 0 Å². The summed E-state index contributed by atoms with van der Waals surface area (Å²) in [5, 5.41) is 13.1. The van der Waals surface area contributed by atoms with Crippen LogP contribution in [0, 0.1) is 54.1 Å². The van der Waals surface area contributed by atoms with E-state index in [1.807, 2.05) is 14.1 Å². The van der Waals surface area contributed by atoms with Gasteiger partial charge in [-0.2, -0.15) is 0 Å². The number of nitrogens with two attached hydrogens (primary N) is 2. The predicted octanol–water partition coefficient (Wildman–Crippen LogP) is 24.6. The van der Waals surface area contributed by atoms with Gasteiger partial charge in [-0.25, -0.2) is 0 Å². The largest absolute Gasteiger partial charge is 0.384 e. The first-order chi connectivity index (χ1) is 51.4. The Bertz CT molecular complexity index is 4220. The highest BCUT2D eigenvalue weighted by Crippen LogP contribution is 2.44. The number of nitrogens with zero attached hydrogens (tertiary/aromatic N) is 6. The van der Waals surface area contributed by atoms with E-state index < -0.39 is 0 Å². The van der Waals surface area contributed by atoms with E-state index in [-0.39, 0.29) is 32.5 Å². The van der Waals surface area contributed by atoms with Gasteiger partial charge in [0.2, 0.25) is 0 Å². The van der Waals surface area contributed by atoms with Crippen LogP contribution in [0.3, 0.4) is 0 Å². The SMILES string of the molecule is CC(C)(C)c1c(NCCCCN)c(=S)c1=S.CCCN(CC)CCCN(C)c1c(C(C)(C)C)c(=S)c1=S.CCCN(CCC)CCCN(C)c1c(C(C)(C)C)c(=S)c1=S.CN(CCCCN)c1c(C(C)(C)C)c(=S)c1=S.CNCCCCN(C)c1c(C(C)(C)C)c(=S)c1=S.CNCCCCNc1c(C(C)(C)C)c(=S)c1=S. The smallest absolute Gasteiger partial charge is 0.0798 e. The lowest BCUT2D eigenvalue weighted by molar-refractivity contribution is 0.272. The average Bonchev–Trinajstić information content (AvgIpc) is 0.795. The van der Waals surface area contributed by atoms with Gasteiger partial charge in [-0.15, -0.1) is 0 Å². The summed E-state index contributed by atoms with van der Waals surface area (Å²) < 4.78 is 10.5. The van der Waals surface area contributed by atoms with Gasteiger partial charge >= 0.3 is 0 Å². The Morgan fingerprint density at radius 1 is 0.261 bits per heavy atom. The first kappa shape index (κ1) is 107. The van der Waals surface area contributed by atoms with Crippen molar-refractivity contribution in [1.29, 1.82) is 0 Å². The van der Waals surface area contributed by atoms with Crippen LogP contribution in [0.5, 0.6) is 0 Å². The molecule has 0 aliphatic carbocycles. The molecule has 0 bridgehead atoms. The van der Waals surface area contributed by atoms with E-state index in [1.165, 1.54) is 134 Å². The van der Waals surface area contributed by atoms with Crippen molar-refractivity contribution in [3.63, 3.8) is 0 Å². The van der Waals surface area contributed by atoms with Gasteiger partial charge in [-0.3, -0.25) is 0 Å². The molecule has 0 aliphatic rings. The summed E-state index contributed by atoms with van der Waals surface area (Å²) in [6, 6.07) is 0. The Morgan fingerprint density at radius 3 is 0.748 bits per heavy atom. The summed E-state index contributed by atoms with van der Waals surface area (Å²) in [7, 11) is 12.5. The van der Waals surface area contributed by atoms with Crippen molar-refractivity contribution in [2.45, 2.75) is 268 Å². The van der Waals surface area contributed by atoms with Crippen molar-refractivity contribution >= 4 is 181 Å². The van der Waals surface area contributed by atoms with Gasteiger partial charge < -0.3 is 62.1 Å². The third-order valence-electron chi connectivity index (χ3n) is 19.6. The lowest BCUT2D eigenvalue weighted by Crippen LogP contribution is -2.31. The molecule has 0 aliphatic heterocycles. The average molecular weight is 1750 g/mol. The first-order valence-corrected chi connectivity index (χ1v) is 45.8. The monoisotopic (exact) mass is 1750 g/mol. The molecule has 111 heavy (non-hydrogen) atoms. The van der Waals surface area contributed by atoms with Gasteiger partial charge in [0.1, 0.15) is 0 Å². The molecule has 0 saturated carbocycles. The van der Waals surface area contributed by atoms with Gasteiger partial charge in [0.05, 0.1) is 88.2 Å². The molecule has 0 radical (unpaired) electrons. The summed E-state index contributed by atoms with van der Waals surface area (Å²) in [4.78, 5) is 14.2. The van der Waals surface area contributed by atoms with E-state index in [0.717, 1.165) is 176 Å².